The molecule has 0 spiro atoms. The Morgan fingerprint density at radius 1 is 1.50 bits per heavy atom. The lowest BCUT2D eigenvalue weighted by Gasteiger charge is -2.20. The van der Waals surface area contributed by atoms with Crippen LogP contribution in [0.15, 0.2) is 12.1 Å². The molecule has 4 heteroatoms. The summed E-state index contributed by atoms with van der Waals surface area (Å²) in [5, 5.41) is 9.00. The number of carboxylic acid groups (broad SMARTS) is 1. The van der Waals surface area contributed by atoms with E-state index in [1.54, 1.807) is 32.9 Å². The van der Waals surface area contributed by atoms with E-state index in [1.165, 1.54) is 0 Å². The Balaban J connectivity index is 3.08. The molecule has 0 heterocycles. The summed E-state index contributed by atoms with van der Waals surface area (Å²) >= 11 is 5.84. The third-order valence-electron chi connectivity index (χ3n) is 2.57. The zero-order chi connectivity index (χ0) is 12.5. The van der Waals surface area contributed by atoms with Crippen LogP contribution in [0.2, 0.25) is 5.02 Å². The van der Waals surface area contributed by atoms with Crippen molar-refractivity contribution >= 4 is 17.6 Å². The predicted molar refractivity (Wildman–Crippen MR) is 61.3 cm³/mol. The highest BCUT2D eigenvalue weighted by Gasteiger charge is 2.28. The van der Waals surface area contributed by atoms with E-state index in [0.717, 1.165) is 0 Å². The smallest absolute Gasteiger partial charge is 0.309 e. The zero-order valence-corrected chi connectivity index (χ0v) is 10.2. The third-order valence-corrected chi connectivity index (χ3v) is 2.98. The molecule has 0 aromatic heterocycles. The van der Waals surface area contributed by atoms with Crippen molar-refractivity contribution in [2.75, 3.05) is 0 Å². The number of rotatable bonds is 3. The molecule has 0 bridgehead atoms. The summed E-state index contributed by atoms with van der Waals surface area (Å²) in [5.41, 5.74) is 0.0322. The predicted octanol–water partition coefficient (Wildman–Crippen LogP) is 3.44. The van der Waals surface area contributed by atoms with Crippen molar-refractivity contribution in [3.63, 3.8) is 0 Å². The molecule has 2 nitrogen and oxygen atoms in total. The van der Waals surface area contributed by atoms with Crippen LogP contribution in [0.3, 0.4) is 0 Å². The summed E-state index contributed by atoms with van der Waals surface area (Å²) in [6.07, 6.45) is 0.207. The van der Waals surface area contributed by atoms with E-state index in [2.05, 4.69) is 0 Å². The highest BCUT2D eigenvalue weighted by Crippen LogP contribution is 2.29. The van der Waals surface area contributed by atoms with E-state index < -0.39 is 17.2 Å². The molecule has 0 fully saturated rings. The topological polar surface area (TPSA) is 37.3 Å². The minimum atomic E-state index is -0.953. The van der Waals surface area contributed by atoms with Crippen molar-refractivity contribution < 1.29 is 14.3 Å². The largest absolute Gasteiger partial charge is 0.481 e. The van der Waals surface area contributed by atoms with Crippen LogP contribution in [-0.4, -0.2) is 11.1 Å². The van der Waals surface area contributed by atoms with Gasteiger partial charge in [0, 0.05) is 0 Å². The first-order chi connectivity index (χ1) is 7.25. The van der Waals surface area contributed by atoms with E-state index in [-0.39, 0.29) is 11.4 Å². The Morgan fingerprint density at radius 3 is 2.56 bits per heavy atom. The molecule has 0 aliphatic heterocycles. The summed E-state index contributed by atoms with van der Waals surface area (Å²) in [5.74, 6) is -1.40. The molecular formula is C12H14ClFO2. The zero-order valence-electron chi connectivity index (χ0n) is 9.47. The standard InChI is InChI=1S/C12H14ClFO2/c1-7-4-5-8(9(13)10(7)14)6-12(2,3)11(15)16/h4-5H,6H2,1-3H3,(H,15,16). The maximum absolute atomic E-state index is 13.5. The fraction of sp³-hybridized carbons (Fsp3) is 0.417. The minimum absolute atomic E-state index is 0.0225. The molecule has 16 heavy (non-hydrogen) atoms. The lowest BCUT2D eigenvalue weighted by Crippen LogP contribution is -2.26. The molecule has 0 saturated carbocycles. The quantitative estimate of drug-likeness (QED) is 0.884. The molecule has 0 atom stereocenters. The summed E-state index contributed by atoms with van der Waals surface area (Å²) < 4.78 is 13.5. The molecule has 0 aliphatic rings. The van der Waals surface area contributed by atoms with Crippen LogP contribution < -0.4 is 0 Å². The SMILES string of the molecule is Cc1ccc(CC(C)(C)C(=O)O)c(Cl)c1F. The number of aryl methyl sites for hydroxylation is 1. The lowest BCUT2D eigenvalue weighted by molar-refractivity contribution is -0.146. The number of aliphatic carboxylic acids is 1. The maximum atomic E-state index is 13.5. The Labute approximate surface area is 99.0 Å². The second-order valence-electron chi connectivity index (χ2n) is 4.54. The van der Waals surface area contributed by atoms with Crippen molar-refractivity contribution in [3.8, 4) is 0 Å². The summed E-state index contributed by atoms with van der Waals surface area (Å²) in [6.45, 7) is 4.79. The normalized spacial score (nSPS) is 11.6. The molecule has 1 N–H and O–H groups in total. The number of carbonyl (C=O) groups is 1. The van der Waals surface area contributed by atoms with Gasteiger partial charge in [-0.05, 0) is 38.3 Å². The average molecular weight is 245 g/mol. The third kappa shape index (κ3) is 2.53. The number of benzene rings is 1. The van der Waals surface area contributed by atoms with Crippen LogP contribution in [0.1, 0.15) is 25.0 Å². The average Bonchev–Trinajstić information content (AvgIpc) is 2.19. The first kappa shape index (κ1) is 13.0. The van der Waals surface area contributed by atoms with Gasteiger partial charge >= 0.3 is 5.97 Å². The van der Waals surface area contributed by atoms with Gasteiger partial charge in [0.25, 0.3) is 0 Å². The van der Waals surface area contributed by atoms with Crippen LogP contribution in [-0.2, 0) is 11.2 Å². The van der Waals surface area contributed by atoms with E-state index in [1.807, 2.05) is 0 Å². The van der Waals surface area contributed by atoms with Gasteiger partial charge in [-0.1, -0.05) is 23.7 Å². The minimum Gasteiger partial charge on any atom is -0.481 e. The Kier molecular flexibility index (Phi) is 3.58. The molecule has 0 unspecified atom stereocenters. The summed E-state index contributed by atoms with van der Waals surface area (Å²) in [7, 11) is 0. The molecular weight excluding hydrogens is 231 g/mol. The number of halogens is 2. The first-order valence-electron chi connectivity index (χ1n) is 4.92. The van der Waals surface area contributed by atoms with Crippen LogP contribution in [0.5, 0.6) is 0 Å². The van der Waals surface area contributed by atoms with Gasteiger partial charge in [-0.2, -0.15) is 0 Å². The van der Waals surface area contributed by atoms with E-state index in [0.29, 0.717) is 11.1 Å². The molecule has 1 aromatic carbocycles. The number of hydrogen-bond acceptors (Lipinski definition) is 1. The van der Waals surface area contributed by atoms with Crippen molar-refractivity contribution in [1.29, 1.82) is 0 Å². The lowest BCUT2D eigenvalue weighted by atomic mass is 9.85. The molecule has 0 aliphatic carbocycles. The van der Waals surface area contributed by atoms with Crippen LogP contribution in [0, 0.1) is 18.2 Å². The van der Waals surface area contributed by atoms with Gasteiger partial charge in [0.2, 0.25) is 0 Å². The summed E-state index contributed by atoms with van der Waals surface area (Å²) in [6, 6.07) is 3.28. The number of carboxylic acids is 1. The van der Waals surface area contributed by atoms with Gasteiger partial charge in [-0.25, -0.2) is 4.39 Å². The van der Waals surface area contributed by atoms with Crippen molar-refractivity contribution in [2.24, 2.45) is 5.41 Å². The molecule has 1 rings (SSSR count). The van der Waals surface area contributed by atoms with E-state index >= 15 is 0 Å². The Hall–Kier alpha value is -1.09. The van der Waals surface area contributed by atoms with Gasteiger partial charge in [-0.3, -0.25) is 4.79 Å². The number of hydrogen-bond donors (Lipinski definition) is 1. The van der Waals surface area contributed by atoms with Gasteiger partial charge in [-0.15, -0.1) is 0 Å². The van der Waals surface area contributed by atoms with Crippen molar-refractivity contribution in [2.45, 2.75) is 27.2 Å². The van der Waals surface area contributed by atoms with Gasteiger partial charge in [0.15, 0.2) is 0 Å². The fourth-order valence-corrected chi connectivity index (χ4v) is 1.65. The van der Waals surface area contributed by atoms with Gasteiger partial charge < -0.3 is 5.11 Å². The van der Waals surface area contributed by atoms with Crippen LogP contribution in [0.4, 0.5) is 4.39 Å². The molecule has 0 radical (unpaired) electrons. The van der Waals surface area contributed by atoms with E-state index in [4.69, 9.17) is 16.7 Å². The highest BCUT2D eigenvalue weighted by molar-refractivity contribution is 6.31. The molecule has 88 valence electrons. The van der Waals surface area contributed by atoms with Gasteiger partial charge in [0.1, 0.15) is 5.82 Å². The molecule has 0 saturated heterocycles. The Bertz CT molecular complexity index is 427. The van der Waals surface area contributed by atoms with E-state index in [9.17, 15) is 9.18 Å². The van der Waals surface area contributed by atoms with Crippen molar-refractivity contribution in [1.82, 2.24) is 0 Å². The first-order valence-corrected chi connectivity index (χ1v) is 5.30. The van der Waals surface area contributed by atoms with Crippen LogP contribution >= 0.6 is 11.6 Å². The molecule has 1 aromatic rings. The second kappa shape index (κ2) is 4.42. The second-order valence-corrected chi connectivity index (χ2v) is 4.91. The monoisotopic (exact) mass is 244 g/mol. The summed E-state index contributed by atoms with van der Waals surface area (Å²) in [4.78, 5) is 11.0. The Morgan fingerprint density at radius 2 is 2.06 bits per heavy atom. The highest BCUT2D eigenvalue weighted by atomic mass is 35.5. The maximum Gasteiger partial charge on any atom is 0.309 e. The molecule has 0 amide bonds. The van der Waals surface area contributed by atoms with Gasteiger partial charge in [0.05, 0.1) is 10.4 Å². The fourth-order valence-electron chi connectivity index (χ4n) is 1.37. The van der Waals surface area contributed by atoms with Crippen LogP contribution in [0.25, 0.3) is 0 Å². The van der Waals surface area contributed by atoms with Crippen molar-refractivity contribution in [3.05, 3.63) is 34.1 Å².